The zero-order valence-electron chi connectivity index (χ0n) is 13.2. The lowest BCUT2D eigenvalue weighted by atomic mass is 10.0. The molecule has 1 aromatic rings. The topological polar surface area (TPSA) is 67.6 Å². The van der Waals surface area contributed by atoms with Gasteiger partial charge >= 0.3 is 0 Å². The first kappa shape index (κ1) is 17.6. The molecule has 2 atom stereocenters. The van der Waals surface area contributed by atoms with Crippen molar-refractivity contribution in [2.45, 2.75) is 26.0 Å². The van der Waals surface area contributed by atoms with Crippen molar-refractivity contribution in [1.29, 1.82) is 0 Å². The van der Waals surface area contributed by atoms with E-state index in [9.17, 15) is 4.79 Å². The third kappa shape index (κ3) is 5.12. The molecule has 3 N–H and O–H groups in total. The summed E-state index contributed by atoms with van der Waals surface area (Å²) in [5, 5.41) is 2.95. The molecule has 0 radical (unpaired) electrons. The summed E-state index contributed by atoms with van der Waals surface area (Å²) in [5.41, 5.74) is 6.72. The molecular formula is C16H27N3O2. The Bertz CT molecular complexity index is 403. The van der Waals surface area contributed by atoms with Crippen molar-refractivity contribution >= 4 is 5.91 Å². The largest absolute Gasteiger partial charge is 0.370 e. The first-order valence-electron chi connectivity index (χ1n) is 7.47. The van der Waals surface area contributed by atoms with Crippen LogP contribution in [-0.4, -0.2) is 50.2 Å². The van der Waals surface area contributed by atoms with Gasteiger partial charge in [-0.05, 0) is 18.7 Å². The van der Waals surface area contributed by atoms with Gasteiger partial charge in [-0.25, -0.2) is 0 Å². The van der Waals surface area contributed by atoms with Gasteiger partial charge in [0.2, 0.25) is 0 Å². The maximum Gasteiger partial charge on any atom is 0.250 e. The van der Waals surface area contributed by atoms with E-state index in [4.69, 9.17) is 10.5 Å². The second-order valence-electron chi connectivity index (χ2n) is 4.85. The Morgan fingerprint density at radius 1 is 1.29 bits per heavy atom. The quantitative estimate of drug-likeness (QED) is 0.717. The Labute approximate surface area is 127 Å². The minimum Gasteiger partial charge on any atom is -0.370 e. The molecule has 21 heavy (non-hydrogen) atoms. The summed E-state index contributed by atoms with van der Waals surface area (Å²) in [7, 11) is 1.50. The molecule has 0 aliphatic rings. The van der Waals surface area contributed by atoms with Crippen molar-refractivity contribution in [1.82, 2.24) is 10.2 Å². The lowest BCUT2D eigenvalue weighted by Crippen LogP contribution is -2.44. The highest BCUT2D eigenvalue weighted by Gasteiger charge is 2.21. The van der Waals surface area contributed by atoms with E-state index in [2.05, 4.69) is 36.2 Å². The normalized spacial score (nSPS) is 14.0. The molecule has 2 unspecified atom stereocenters. The Morgan fingerprint density at radius 2 is 1.90 bits per heavy atom. The first-order valence-corrected chi connectivity index (χ1v) is 7.47. The van der Waals surface area contributed by atoms with E-state index in [0.29, 0.717) is 6.54 Å². The summed E-state index contributed by atoms with van der Waals surface area (Å²) >= 11 is 0. The lowest BCUT2D eigenvalue weighted by Gasteiger charge is -2.30. The second-order valence-corrected chi connectivity index (χ2v) is 4.85. The minimum absolute atomic E-state index is 0.153. The number of nitrogens with two attached hydrogens (primary N) is 1. The Hall–Kier alpha value is -1.43. The fourth-order valence-corrected chi connectivity index (χ4v) is 2.42. The van der Waals surface area contributed by atoms with E-state index < -0.39 is 6.10 Å². The summed E-state index contributed by atoms with van der Waals surface area (Å²) in [6.45, 7) is 6.83. The van der Waals surface area contributed by atoms with Gasteiger partial charge in [-0.2, -0.15) is 0 Å². The molecule has 118 valence electrons. The molecule has 0 saturated carbocycles. The number of rotatable bonds is 9. The summed E-state index contributed by atoms with van der Waals surface area (Å²) < 4.78 is 5.06. The van der Waals surface area contributed by atoms with E-state index in [1.807, 2.05) is 18.2 Å². The fourth-order valence-electron chi connectivity index (χ4n) is 2.42. The number of hydrogen-bond donors (Lipinski definition) is 2. The molecule has 1 rings (SSSR count). The van der Waals surface area contributed by atoms with Crippen LogP contribution in [-0.2, 0) is 9.53 Å². The average Bonchev–Trinajstić information content (AvgIpc) is 2.53. The number of nitrogens with zero attached hydrogens (tertiary/aromatic N) is 1. The molecule has 0 heterocycles. The van der Waals surface area contributed by atoms with Crippen molar-refractivity contribution in [3.63, 3.8) is 0 Å². The molecule has 5 heteroatoms. The van der Waals surface area contributed by atoms with Crippen LogP contribution in [0.25, 0.3) is 0 Å². The summed E-state index contributed by atoms with van der Waals surface area (Å²) in [6.07, 6.45) is -0.585. The highest BCUT2D eigenvalue weighted by Crippen LogP contribution is 2.19. The van der Waals surface area contributed by atoms with Crippen LogP contribution in [0.2, 0.25) is 0 Å². The number of amides is 1. The number of carbonyl (C=O) groups is 1. The number of methoxy groups -OCH3 is 1. The zero-order valence-corrected chi connectivity index (χ0v) is 13.2. The molecule has 0 aliphatic carbocycles. The predicted octanol–water partition coefficient (Wildman–Crippen LogP) is 1.16. The molecule has 0 spiro atoms. The molecule has 5 nitrogen and oxygen atoms in total. The number of benzene rings is 1. The van der Waals surface area contributed by atoms with E-state index in [1.165, 1.54) is 12.7 Å². The highest BCUT2D eigenvalue weighted by atomic mass is 16.5. The van der Waals surface area contributed by atoms with Gasteiger partial charge < -0.3 is 15.8 Å². The number of ether oxygens (including phenoxy) is 1. The first-order chi connectivity index (χ1) is 10.2. The lowest BCUT2D eigenvalue weighted by molar-refractivity contribution is -0.130. The average molecular weight is 293 g/mol. The highest BCUT2D eigenvalue weighted by molar-refractivity contribution is 5.81. The third-order valence-electron chi connectivity index (χ3n) is 3.70. The van der Waals surface area contributed by atoms with Crippen LogP contribution < -0.4 is 11.1 Å². The van der Waals surface area contributed by atoms with Crippen LogP contribution in [0.15, 0.2) is 30.3 Å². The van der Waals surface area contributed by atoms with E-state index in [-0.39, 0.29) is 18.5 Å². The van der Waals surface area contributed by atoms with Gasteiger partial charge in [0.05, 0.1) is 6.04 Å². The smallest absolute Gasteiger partial charge is 0.250 e. The van der Waals surface area contributed by atoms with Crippen molar-refractivity contribution < 1.29 is 9.53 Å². The van der Waals surface area contributed by atoms with Crippen LogP contribution >= 0.6 is 0 Å². The van der Waals surface area contributed by atoms with Crippen molar-refractivity contribution in [2.75, 3.05) is 33.3 Å². The van der Waals surface area contributed by atoms with Gasteiger partial charge in [0.15, 0.2) is 0 Å². The summed E-state index contributed by atoms with van der Waals surface area (Å²) in [4.78, 5) is 14.3. The Kier molecular flexibility index (Phi) is 7.97. The zero-order chi connectivity index (χ0) is 15.7. The van der Waals surface area contributed by atoms with E-state index in [0.717, 1.165) is 13.1 Å². The van der Waals surface area contributed by atoms with Crippen LogP contribution in [0.5, 0.6) is 0 Å². The van der Waals surface area contributed by atoms with Crippen LogP contribution in [0, 0.1) is 0 Å². The molecule has 0 saturated heterocycles. The number of hydrogen-bond acceptors (Lipinski definition) is 4. The van der Waals surface area contributed by atoms with Crippen LogP contribution in [0.1, 0.15) is 25.5 Å². The maximum atomic E-state index is 12.0. The molecule has 1 amide bonds. The number of carbonyl (C=O) groups excluding carboxylic acids is 1. The monoisotopic (exact) mass is 293 g/mol. The number of likely N-dealkylation sites (N-methyl/N-ethyl adjacent to an activating group) is 1. The molecule has 0 fully saturated rings. The number of nitrogens with one attached hydrogen (secondary N) is 1. The van der Waals surface area contributed by atoms with Crippen LogP contribution in [0.3, 0.4) is 0 Å². The van der Waals surface area contributed by atoms with Crippen molar-refractivity contribution in [2.24, 2.45) is 5.73 Å². The fraction of sp³-hybridized carbons (Fsp3) is 0.562. The maximum absolute atomic E-state index is 12.0. The second kappa shape index (κ2) is 9.50. The molecular weight excluding hydrogens is 266 g/mol. The van der Waals surface area contributed by atoms with Crippen molar-refractivity contribution in [3.8, 4) is 0 Å². The molecule has 0 aliphatic heterocycles. The van der Waals surface area contributed by atoms with E-state index >= 15 is 0 Å². The molecule has 0 bridgehead atoms. The van der Waals surface area contributed by atoms with Crippen molar-refractivity contribution in [3.05, 3.63) is 35.9 Å². The van der Waals surface area contributed by atoms with Gasteiger partial charge in [0, 0.05) is 20.2 Å². The Morgan fingerprint density at radius 3 is 2.38 bits per heavy atom. The minimum atomic E-state index is -0.585. The standard InChI is InChI=1S/C16H27N3O2/c1-4-19(5-2)14(13-9-7-6-8-10-13)12-18-16(20)15(11-17)21-3/h6-10,14-15H,4-5,11-12,17H2,1-3H3,(H,18,20). The van der Waals surface area contributed by atoms with Crippen LogP contribution in [0.4, 0.5) is 0 Å². The third-order valence-corrected chi connectivity index (χ3v) is 3.70. The molecule has 0 aromatic heterocycles. The van der Waals surface area contributed by atoms with Gasteiger partial charge in [-0.15, -0.1) is 0 Å². The summed E-state index contributed by atoms with van der Waals surface area (Å²) in [5.74, 6) is -0.159. The van der Waals surface area contributed by atoms with Gasteiger partial charge in [0.1, 0.15) is 6.10 Å². The summed E-state index contributed by atoms with van der Waals surface area (Å²) in [6, 6.07) is 10.4. The van der Waals surface area contributed by atoms with Gasteiger partial charge in [-0.3, -0.25) is 9.69 Å². The van der Waals surface area contributed by atoms with E-state index in [1.54, 1.807) is 0 Å². The predicted molar refractivity (Wildman–Crippen MR) is 85.0 cm³/mol. The molecule has 1 aromatic carbocycles. The SMILES string of the molecule is CCN(CC)C(CNC(=O)C(CN)OC)c1ccccc1. The Balaban J connectivity index is 2.77. The van der Waals surface area contributed by atoms with Gasteiger partial charge in [-0.1, -0.05) is 44.2 Å². The van der Waals surface area contributed by atoms with Gasteiger partial charge in [0.25, 0.3) is 5.91 Å².